The van der Waals surface area contributed by atoms with Gasteiger partial charge < -0.3 is 5.32 Å². The van der Waals surface area contributed by atoms with Crippen molar-refractivity contribution < 1.29 is 4.39 Å². The number of thiazole rings is 1. The molecule has 0 aliphatic rings. The molecule has 1 heterocycles. The summed E-state index contributed by atoms with van der Waals surface area (Å²) in [7, 11) is 0. The average molecular weight is 208 g/mol. The zero-order valence-electron chi connectivity index (χ0n) is 7.62. The lowest BCUT2D eigenvalue weighted by Crippen LogP contribution is -1.93. The standard InChI is InChI=1S/C10H9FN2S/c1-7-2-3-9(8(11)6-7)13-10-12-4-5-14-10/h2-6H,1H3,(H,12,13). The Morgan fingerprint density at radius 1 is 1.43 bits per heavy atom. The molecular formula is C10H9FN2S. The fraction of sp³-hybridized carbons (Fsp3) is 0.100. The highest BCUT2D eigenvalue weighted by molar-refractivity contribution is 7.13. The summed E-state index contributed by atoms with van der Waals surface area (Å²) in [5.74, 6) is -0.250. The van der Waals surface area contributed by atoms with E-state index in [4.69, 9.17) is 0 Å². The van der Waals surface area contributed by atoms with Crippen LogP contribution < -0.4 is 5.32 Å². The van der Waals surface area contributed by atoms with Crippen LogP contribution in [0.4, 0.5) is 15.2 Å². The van der Waals surface area contributed by atoms with Crippen molar-refractivity contribution in [3.8, 4) is 0 Å². The number of aryl methyl sites for hydroxylation is 1. The molecule has 2 rings (SSSR count). The molecule has 0 atom stereocenters. The summed E-state index contributed by atoms with van der Waals surface area (Å²) in [4.78, 5) is 4.02. The Morgan fingerprint density at radius 3 is 2.93 bits per heavy atom. The van der Waals surface area contributed by atoms with Crippen molar-refractivity contribution in [3.63, 3.8) is 0 Å². The molecule has 4 heteroatoms. The van der Waals surface area contributed by atoms with Crippen LogP contribution in [0.1, 0.15) is 5.56 Å². The second-order valence-corrected chi connectivity index (χ2v) is 3.84. The molecule has 0 spiro atoms. The van der Waals surface area contributed by atoms with E-state index in [1.807, 2.05) is 18.4 Å². The van der Waals surface area contributed by atoms with Gasteiger partial charge in [-0.3, -0.25) is 0 Å². The molecule has 0 fully saturated rings. The van der Waals surface area contributed by atoms with Gasteiger partial charge in [-0.05, 0) is 24.6 Å². The van der Waals surface area contributed by atoms with Gasteiger partial charge in [-0.25, -0.2) is 9.37 Å². The number of hydrogen-bond donors (Lipinski definition) is 1. The highest BCUT2D eigenvalue weighted by Crippen LogP contribution is 2.21. The number of nitrogens with one attached hydrogen (secondary N) is 1. The Balaban J connectivity index is 2.25. The van der Waals surface area contributed by atoms with Crippen LogP contribution in [-0.4, -0.2) is 4.98 Å². The van der Waals surface area contributed by atoms with Crippen LogP contribution in [0, 0.1) is 12.7 Å². The third-order valence-corrected chi connectivity index (χ3v) is 2.49. The molecule has 0 unspecified atom stereocenters. The van der Waals surface area contributed by atoms with Gasteiger partial charge in [0.15, 0.2) is 5.13 Å². The summed E-state index contributed by atoms with van der Waals surface area (Å²) in [6.07, 6.45) is 1.68. The SMILES string of the molecule is Cc1ccc(Nc2nccs2)c(F)c1. The molecule has 2 aromatic rings. The minimum absolute atomic E-state index is 0.250. The molecule has 1 N–H and O–H groups in total. The van der Waals surface area contributed by atoms with E-state index < -0.39 is 0 Å². The molecule has 0 saturated heterocycles. The third kappa shape index (κ3) is 1.90. The molecule has 0 aliphatic carbocycles. The van der Waals surface area contributed by atoms with Crippen LogP contribution in [0.2, 0.25) is 0 Å². The predicted molar refractivity (Wildman–Crippen MR) is 56.5 cm³/mol. The summed E-state index contributed by atoms with van der Waals surface area (Å²) in [5, 5.41) is 5.46. The van der Waals surface area contributed by atoms with E-state index in [1.165, 1.54) is 17.4 Å². The molecule has 72 valence electrons. The Bertz CT molecular complexity index is 426. The maximum atomic E-state index is 13.4. The number of hydrogen-bond acceptors (Lipinski definition) is 3. The topological polar surface area (TPSA) is 24.9 Å². The number of aromatic nitrogens is 1. The number of benzene rings is 1. The largest absolute Gasteiger partial charge is 0.329 e. The average Bonchev–Trinajstić information content (AvgIpc) is 2.62. The molecule has 2 nitrogen and oxygen atoms in total. The van der Waals surface area contributed by atoms with Crippen LogP contribution in [-0.2, 0) is 0 Å². The van der Waals surface area contributed by atoms with Crippen molar-refractivity contribution in [2.24, 2.45) is 0 Å². The zero-order valence-corrected chi connectivity index (χ0v) is 8.44. The van der Waals surface area contributed by atoms with Crippen LogP contribution in [0.15, 0.2) is 29.8 Å². The van der Waals surface area contributed by atoms with Gasteiger partial charge in [0.1, 0.15) is 5.82 Å². The highest BCUT2D eigenvalue weighted by Gasteiger charge is 2.02. The second kappa shape index (κ2) is 3.75. The van der Waals surface area contributed by atoms with E-state index >= 15 is 0 Å². The summed E-state index contributed by atoms with van der Waals surface area (Å²) in [5.41, 5.74) is 1.37. The van der Waals surface area contributed by atoms with Crippen LogP contribution in [0.25, 0.3) is 0 Å². The van der Waals surface area contributed by atoms with Crippen molar-refractivity contribution >= 4 is 22.2 Å². The van der Waals surface area contributed by atoms with E-state index in [0.717, 1.165) is 5.56 Å². The first-order chi connectivity index (χ1) is 6.75. The maximum Gasteiger partial charge on any atom is 0.187 e. The monoisotopic (exact) mass is 208 g/mol. The maximum absolute atomic E-state index is 13.4. The first kappa shape index (κ1) is 9.15. The molecular weight excluding hydrogens is 199 g/mol. The smallest absolute Gasteiger partial charge is 0.187 e. The van der Waals surface area contributed by atoms with Gasteiger partial charge in [-0.2, -0.15) is 0 Å². The Labute approximate surface area is 85.4 Å². The lowest BCUT2D eigenvalue weighted by molar-refractivity contribution is 0.630. The van der Waals surface area contributed by atoms with E-state index in [9.17, 15) is 4.39 Å². The van der Waals surface area contributed by atoms with Gasteiger partial charge in [-0.1, -0.05) is 6.07 Å². The quantitative estimate of drug-likeness (QED) is 0.818. The number of anilines is 2. The molecule has 14 heavy (non-hydrogen) atoms. The summed E-state index contributed by atoms with van der Waals surface area (Å²) in [6.45, 7) is 1.86. The Hall–Kier alpha value is -1.42. The predicted octanol–water partition coefficient (Wildman–Crippen LogP) is 3.33. The van der Waals surface area contributed by atoms with Crippen molar-refractivity contribution in [3.05, 3.63) is 41.2 Å². The minimum Gasteiger partial charge on any atom is -0.329 e. The number of nitrogens with zero attached hydrogens (tertiary/aromatic N) is 1. The Morgan fingerprint density at radius 2 is 2.29 bits per heavy atom. The Kier molecular flexibility index (Phi) is 2.45. The lowest BCUT2D eigenvalue weighted by Gasteiger charge is -2.04. The normalized spacial score (nSPS) is 10.1. The van der Waals surface area contributed by atoms with E-state index in [2.05, 4.69) is 10.3 Å². The summed E-state index contributed by atoms with van der Waals surface area (Å²) < 4.78 is 13.4. The van der Waals surface area contributed by atoms with E-state index in [0.29, 0.717) is 10.8 Å². The molecule has 1 aromatic carbocycles. The van der Waals surface area contributed by atoms with Gasteiger partial charge in [-0.15, -0.1) is 11.3 Å². The number of rotatable bonds is 2. The highest BCUT2D eigenvalue weighted by atomic mass is 32.1. The van der Waals surface area contributed by atoms with Gasteiger partial charge in [0.05, 0.1) is 5.69 Å². The lowest BCUT2D eigenvalue weighted by atomic mass is 10.2. The van der Waals surface area contributed by atoms with E-state index in [1.54, 1.807) is 12.3 Å². The molecule has 0 aliphatic heterocycles. The molecule has 1 aromatic heterocycles. The van der Waals surface area contributed by atoms with Crippen molar-refractivity contribution in [1.29, 1.82) is 0 Å². The first-order valence-corrected chi connectivity index (χ1v) is 5.06. The van der Waals surface area contributed by atoms with Crippen molar-refractivity contribution in [2.45, 2.75) is 6.92 Å². The van der Waals surface area contributed by atoms with Gasteiger partial charge >= 0.3 is 0 Å². The molecule has 0 saturated carbocycles. The third-order valence-electron chi connectivity index (χ3n) is 1.80. The van der Waals surface area contributed by atoms with Crippen LogP contribution in [0.3, 0.4) is 0 Å². The van der Waals surface area contributed by atoms with Gasteiger partial charge in [0, 0.05) is 11.6 Å². The second-order valence-electron chi connectivity index (χ2n) is 2.95. The number of halogens is 1. The van der Waals surface area contributed by atoms with Gasteiger partial charge in [0.25, 0.3) is 0 Å². The fourth-order valence-electron chi connectivity index (χ4n) is 1.12. The zero-order chi connectivity index (χ0) is 9.97. The first-order valence-electron chi connectivity index (χ1n) is 4.18. The molecule has 0 amide bonds. The van der Waals surface area contributed by atoms with Crippen LogP contribution >= 0.6 is 11.3 Å². The van der Waals surface area contributed by atoms with Crippen molar-refractivity contribution in [2.75, 3.05) is 5.32 Å². The van der Waals surface area contributed by atoms with Crippen LogP contribution in [0.5, 0.6) is 0 Å². The summed E-state index contributed by atoms with van der Waals surface area (Å²) >= 11 is 1.44. The van der Waals surface area contributed by atoms with Crippen molar-refractivity contribution in [1.82, 2.24) is 4.98 Å². The summed E-state index contributed by atoms with van der Waals surface area (Å²) in [6, 6.07) is 5.07. The van der Waals surface area contributed by atoms with Gasteiger partial charge in [0.2, 0.25) is 0 Å². The van der Waals surface area contributed by atoms with E-state index in [-0.39, 0.29) is 5.82 Å². The molecule has 0 radical (unpaired) electrons. The molecule has 0 bridgehead atoms. The minimum atomic E-state index is -0.250. The fourth-order valence-corrected chi connectivity index (χ4v) is 1.66.